The standard InChI is InChI=1S/C17H16FN5O2S/c18-11-4-1-6-19-15(11)17(25)21-8-3-7-20-16(24)13-10-12(22-23-13)14-5-2-9-26-14/h1-2,4-6,9-10H,3,7-8H2,(H,20,24)(H,21,25)(H,22,23). The number of nitrogens with zero attached hydrogens (tertiary/aromatic N) is 2. The van der Waals surface area contributed by atoms with Crippen molar-refractivity contribution in [1.82, 2.24) is 25.8 Å². The number of aromatic nitrogens is 3. The van der Waals surface area contributed by atoms with E-state index in [-0.39, 0.29) is 18.1 Å². The SMILES string of the molecule is O=C(NCCCNC(=O)c1ncccc1F)c1cc(-c2cccs2)[nH]n1. The van der Waals surface area contributed by atoms with Crippen LogP contribution in [0.5, 0.6) is 0 Å². The Morgan fingerprint density at radius 1 is 1.15 bits per heavy atom. The summed E-state index contributed by atoms with van der Waals surface area (Å²) in [6.45, 7) is 0.640. The lowest BCUT2D eigenvalue weighted by Crippen LogP contribution is -2.30. The van der Waals surface area contributed by atoms with Crippen molar-refractivity contribution in [2.24, 2.45) is 0 Å². The summed E-state index contributed by atoms with van der Waals surface area (Å²) in [7, 11) is 0. The van der Waals surface area contributed by atoms with Gasteiger partial charge in [0.25, 0.3) is 11.8 Å². The first-order chi connectivity index (χ1) is 12.6. The highest BCUT2D eigenvalue weighted by Crippen LogP contribution is 2.22. The van der Waals surface area contributed by atoms with Crippen LogP contribution in [0.4, 0.5) is 4.39 Å². The van der Waals surface area contributed by atoms with Crippen LogP contribution in [-0.4, -0.2) is 40.1 Å². The molecule has 0 spiro atoms. The van der Waals surface area contributed by atoms with Crippen LogP contribution in [0, 0.1) is 5.82 Å². The van der Waals surface area contributed by atoms with Crippen LogP contribution >= 0.6 is 11.3 Å². The van der Waals surface area contributed by atoms with E-state index in [9.17, 15) is 14.0 Å². The number of pyridine rings is 1. The summed E-state index contributed by atoms with van der Waals surface area (Å²) in [6.07, 6.45) is 1.85. The van der Waals surface area contributed by atoms with Crippen LogP contribution in [-0.2, 0) is 0 Å². The Kier molecular flexibility index (Phi) is 5.69. The van der Waals surface area contributed by atoms with Crippen LogP contribution in [0.3, 0.4) is 0 Å². The predicted octanol–water partition coefficient (Wildman–Crippen LogP) is 2.22. The highest BCUT2D eigenvalue weighted by molar-refractivity contribution is 7.13. The molecule has 0 aromatic carbocycles. The minimum absolute atomic E-state index is 0.242. The molecule has 3 heterocycles. The number of aromatic amines is 1. The van der Waals surface area contributed by atoms with Gasteiger partial charge in [-0.25, -0.2) is 9.37 Å². The van der Waals surface area contributed by atoms with Crippen LogP contribution in [0.15, 0.2) is 41.9 Å². The van der Waals surface area contributed by atoms with Gasteiger partial charge in [-0.1, -0.05) is 6.07 Å². The Morgan fingerprint density at radius 3 is 2.69 bits per heavy atom. The van der Waals surface area contributed by atoms with Gasteiger partial charge in [-0.15, -0.1) is 11.3 Å². The molecule has 26 heavy (non-hydrogen) atoms. The van der Waals surface area contributed by atoms with Gasteiger partial charge in [0.05, 0.1) is 10.6 Å². The van der Waals surface area contributed by atoms with Crippen molar-refractivity contribution in [2.45, 2.75) is 6.42 Å². The fraction of sp³-hybridized carbons (Fsp3) is 0.176. The Labute approximate surface area is 152 Å². The summed E-state index contributed by atoms with van der Waals surface area (Å²) < 4.78 is 13.4. The number of nitrogens with one attached hydrogen (secondary N) is 3. The number of rotatable bonds is 7. The molecular formula is C17H16FN5O2S. The predicted molar refractivity (Wildman–Crippen MR) is 95.4 cm³/mol. The second kappa shape index (κ2) is 8.34. The summed E-state index contributed by atoms with van der Waals surface area (Å²) in [5.41, 5.74) is 0.844. The Bertz CT molecular complexity index is 894. The third-order valence-electron chi connectivity index (χ3n) is 3.50. The monoisotopic (exact) mass is 373 g/mol. The quantitative estimate of drug-likeness (QED) is 0.553. The number of thiophene rings is 1. The Balaban J connectivity index is 1.40. The summed E-state index contributed by atoms with van der Waals surface area (Å²) >= 11 is 1.55. The Morgan fingerprint density at radius 2 is 1.96 bits per heavy atom. The van der Waals surface area contributed by atoms with Crippen LogP contribution in [0.1, 0.15) is 27.4 Å². The van der Waals surface area contributed by atoms with E-state index in [1.165, 1.54) is 18.3 Å². The van der Waals surface area contributed by atoms with Crippen molar-refractivity contribution in [3.8, 4) is 10.6 Å². The van der Waals surface area contributed by atoms with Crippen molar-refractivity contribution < 1.29 is 14.0 Å². The molecule has 0 aliphatic rings. The lowest BCUT2D eigenvalue weighted by atomic mass is 10.3. The molecule has 0 aliphatic carbocycles. The van der Waals surface area contributed by atoms with Gasteiger partial charge in [-0.05, 0) is 36.1 Å². The van der Waals surface area contributed by atoms with E-state index in [0.29, 0.717) is 18.7 Å². The van der Waals surface area contributed by atoms with E-state index in [1.54, 1.807) is 17.4 Å². The fourth-order valence-electron chi connectivity index (χ4n) is 2.22. The van der Waals surface area contributed by atoms with Gasteiger partial charge in [0.15, 0.2) is 17.2 Å². The van der Waals surface area contributed by atoms with E-state index in [0.717, 1.165) is 10.6 Å². The number of hydrogen-bond donors (Lipinski definition) is 3. The molecule has 0 radical (unpaired) electrons. The van der Waals surface area contributed by atoms with Gasteiger partial charge in [-0.3, -0.25) is 14.7 Å². The molecule has 3 aromatic rings. The third kappa shape index (κ3) is 4.31. The first-order valence-electron chi connectivity index (χ1n) is 7.91. The van der Waals surface area contributed by atoms with Crippen molar-refractivity contribution in [3.63, 3.8) is 0 Å². The largest absolute Gasteiger partial charge is 0.351 e. The normalized spacial score (nSPS) is 10.5. The van der Waals surface area contributed by atoms with Crippen LogP contribution in [0.25, 0.3) is 10.6 Å². The highest BCUT2D eigenvalue weighted by atomic mass is 32.1. The third-order valence-corrected chi connectivity index (χ3v) is 4.40. The molecule has 3 aromatic heterocycles. The zero-order chi connectivity index (χ0) is 18.4. The number of halogens is 1. The van der Waals surface area contributed by atoms with Gasteiger partial charge < -0.3 is 10.6 Å². The lowest BCUT2D eigenvalue weighted by Gasteiger charge is -2.06. The molecule has 134 valence electrons. The maximum atomic E-state index is 13.4. The maximum absolute atomic E-state index is 13.4. The zero-order valence-corrected chi connectivity index (χ0v) is 14.5. The van der Waals surface area contributed by atoms with Gasteiger partial charge in [0, 0.05) is 19.3 Å². The molecule has 3 rings (SSSR count). The van der Waals surface area contributed by atoms with E-state index >= 15 is 0 Å². The summed E-state index contributed by atoms with van der Waals surface area (Å²) in [5.74, 6) is -1.55. The topological polar surface area (TPSA) is 99.8 Å². The minimum Gasteiger partial charge on any atom is -0.351 e. The highest BCUT2D eigenvalue weighted by Gasteiger charge is 2.13. The van der Waals surface area contributed by atoms with Crippen molar-refractivity contribution in [3.05, 3.63) is 59.1 Å². The molecule has 0 atom stereocenters. The van der Waals surface area contributed by atoms with E-state index in [2.05, 4.69) is 25.8 Å². The summed E-state index contributed by atoms with van der Waals surface area (Å²) in [6, 6.07) is 8.14. The molecule has 0 unspecified atom stereocenters. The van der Waals surface area contributed by atoms with Crippen LogP contribution in [0.2, 0.25) is 0 Å². The molecule has 7 nitrogen and oxygen atoms in total. The molecule has 0 saturated heterocycles. The summed E-state index contributed by atoms with van der Waals surface area (Å²) in [4.78, 5) is 28.5. The smallest absolute Gasteiger partial charge is 0.272 e. The Hall–Kier alpha value is -3.07. The van der Waals surface area contributed by atoms with E-state index in [1.807, 2.05) is 17.5 Å². The number of H-pyrrole nitrogens is 1. The molecule has 9 heteroatoms. The molecule has 3 N–H and O–H groups in total. The number of amides is 2. The lowest BCUT2D eigenvalue weighted by molar-refractivity contribution is 0.0943. The number of carbonyl (C=O) groups is 2. The zero-order valence-electron chi connectivity index (χ0n) is 13.7. The number of hydrogen-bond acceptors (Lipinski definition) is 5. The van der Waals surface area contributed by atoms with Gasteiger partial charge in [-0.2, -0.15) is 5.10 Å². The van der Waals surface area contributed by atoms with Crippen molar-refractivity contribution in [1.29, 1.82) is 0 Å². The van der Waals surface area contributed by atoms with Gasteiger partial charge >= 0.3 is 0 Å². The molecule has 0 aliphatic heterocycles. The second-order valence-corrected chi connectivity index (χ2v) is 6.29. The first kappa shape index (κ1) is 17.7. The fourth-order valence-corrected chi connectivity index (χ4v) is 2.91. The van der Waals surface area contributed by atoms with Crippen LogP contribution < -0.4 is 10.6 Å². The molecular weight excluding hydrogens is 357 g/mol. The second-order valence-electron chi connectivity index (χ2n) is 5.34. The molecule has 0 bridgehead atoms. The van der Waals surface area contributed by atoms with Gasteiger partial charge in [0.1, 0.15) is 0 Å². The average molecular weight is 373 g/mol. The number of carbonyl (C=O) groups excluding carboxylic acids is 2. The summed E-state index contributed by atoms with van der Waals surface area (Å²) in [5, 5.41) is 14.1. The van der Waals surface area contributed by atoms with E-state index < -0.39 is 11.7 Å². The minimum atomic E-state index is -0.668. The molecule has 2 amide bonds. The molecule has 0 saturated carbocycles. The van der Waals surface area contributed by atoms with Gasteiger partial charge in [0.2, 0.25) is 0 Å². The van der Waals surface area contributed by atoms with E-state index in [4.69, 9.17) is 0 Å². The maximum Gasteiger partial charge on any atom is 0.272 e. The first-order valence-corrected chi connectivity index (χ1v) is 8.79. The molecule has 0 fully saturated rings. The average Bonchev–Trinajstić information content (AvgIpc) is 3.32. The van der Waals surface area contributed by atoms with Crippen molar-refractivity contribution in [2.75, 3.05) is 13.1 Å². The van der Waals surface area contributed by atoms with Crippen molar-refractivity contribution >= 4 is 23.2 Å².